The first-order valence-electron chi connectivity index (χ1n) is 18.0. The van der Waals surface area contributed by atoms with Crippen LogP contribution in [0, 0.1) is 5.92 Å². The fraction of sp³-hybridized carbons (Fsp3) is 0.625. The van der Waals surface area contributed by atoms with Gasteiger partial charge in [-0.1, -0.05) is 135 Å². The Labute approximate surface area is 296 Å². The highest BCUT2D eigenvalue weighted by atomic mass is 28.4. The zero-order chi connectivity index (χ0) is 36.2. The zero-order valence-electron chi connectivity index (χ0n) is 32.7. The highest BCUT2D eigenvalue weighted by Gasteiger charge is 2.51. The summed E-state index contributed by atoms with van der Waals surface area (Å²) in [5.41, 5.74) is 0.658. The number of benzene rings is 2. The van der Waals surface area contributed by atoms with E-state index >= 15 is 0 Å². The van der Waals surface area contributed by atoms with Crippen LogP contribution in [0.25, 0.3) is 0 Å². The van der Waals surface area contributed by atoms with Crippen LogP contribution >= 0.6 is 0 Å². The van der Waals surface area contributed by atoms with Gasteiger partial charge in [-0.3, -0.25) is 0 Å². The van der Waals surface area contributed by atoms with Crippen molar-refractivity contribution < 1.29 is 22.8 Å². The minimum Gasteiger partial charge on any atom is -0.466 e. The van der Waals surface area contributed by atoms with E-state index in [1.165, 1.54) is 17.5 Å². The number of hydrogen-bond donors (Lipinski definition) is 0. The van der Waals surface area contributed by atoms with Gasteiger partial charge in [0.25, 0.3) is 8.32 Å². The maximum Gasteiger partial charge on any atom is 0.336 e. The van der Waals surface area contributed by atoms with Gasteiger partial charge >= 0.3 is 5.97 Å². The van der Waals surface area contributed by atoms with Gasteiger partial charge in [0.05, 0.1) is 24.9 Å². The standard InChI is InChI=1S/C40H66O5Si3/c1-38(2,3)46(11,12)44-35-29-28-34(37(41)42-10)36(45-47(13,14)39(4,5)6)33(35)27-21-22-30-43-48(40(7,8)9,31-23-17-15-18-24-31)32-25-19-16-20-26-32/h15-20,23-26,28,33,35-36H,21-22,27,29-30H2,1-14H3/t33-,35+,36-/m0/s1. The van der Waals surface area contributed by atoms with Crippen molar-refractivity contribution in [3.63, 3.8) is 0 Å². The Bertz CT molecular complexity index is 1310. The molecular formula is C40H66O5Si3. The van der Waals surface area contributed by atoms with Crippen LogP contribution in [0.3, 0.4) is 0 Å². The first kappa shape index (κ1) is 40.6. The maximum atomic E-state index is 13.3. The lowest BCUT2D eigenvalue weighted by Gasteiger charge is -2.48. The number of carbonyl (C=O) groups is 1. The fourth-order valence-electron chi connectivity index (χ4n) is 6.42. The SMILES string of the molecule is COC(=O)C1=CC[C@@H](O[Si](C)(C)C(C)(C)C)[C@H](CCCCO[Si](c2ccccc2)(c2ccccc2)C(C)(C)C)[C@@H]1O[Si](C)(C)C(C)(C)C. The predicted molar refractivity (Wildman–Crippen MR) is 210 cm³/mol. The summed E-state index contributed by atoms with van der Waals surface area (Å²) >= 11 is 0. The molecule has 268 valence electrons. The van der Waals surface area contributed by atoms with Crippen molar-refractivity contribution in [3.05, 3.63) is 72.3 Å². The minimum atomic E-state index is -2.61. The number of hydrogen-bond acceptors (Lipinski definition) is 5. The molecule has 0 heterocycles. The molecule has 3 atom stereocenters. The summed E-state index contributed by atoms with van der Waals surface area (Å²) < 4.78 is 26.9. The highest BCUT2D eigenvalue weighted by Crippen LogP contribution is 2.45. The normalized spacial score (nSPS) is 20.0. The number of methoxy groups -OCH3 is 1. The second-order valence-corrected chi connectivity index (χ2v) is 31.6. The molecular weight excluding hydrogens is 645 g/mol. The smallest absolute Gasteiger partial charge is 0.336 e. The molecule has 0 N–H and O–H groups in total. The molecule has 0 aromatic heterocycles. The van der Waals surface area contributed by atoms with Gasteiger partial charge in [0, 0.05) is 12.5 Å². The molecule has 1 aliphatic rings. The van der Waals surface area contributed by atoms with E-state index in [0.29, 0.717) is 18.6 Å². The molecule has 0 spiro atoms. The first-order chi connectivity index (χ1) is 22.1. The summed E-state index contributed by atoms with van der Waals surface area (Å²) in [5.74, 6) is -0.246. The Kier molecular flexibility index (Phi) is 13.2. The maximum absolute atomic E-state index is 13.3. The van der Waals surface area contributed by atoms with Gasteiger partial charge in [0.1, 0.15) is 0 Å². The van der Waals surface area contributed by atoms with Crippen LogP contribution in [0.1, 0.15) is 88.0 Å². The Morgan fingerprint density at radius 3 is 1.62 bits per heavy atom. The lowest BCUT2D eigenvalue weighted by Crippen LogP contribution is -2.66. The number of unbranched alkanes of at least 4 members (excludes halogenated alkanes) is 1. The Morgan fingerprint density at radius 1 is 0.708 bits per heavy atom. The van der Waals surface area contributed by atoms with E-state index in [1.54, 1.807) is 0 Å². The van der Waals surface area contributed by atoms with Gasteiger partial charge in [-0.05, 0) is 70.9 Å². The summed E-state index contributed by atoms with van der Waals surface area (Å²) in [4.78, 5) is 13.3. The Balaban J connectivity index is 1.94. The lowest BCUT2D eigenvalue weighted by molar-refractivity contribution is -0.138. The molecule has 0 saturated heterocycles. The molecule has 0 radical (unpaired) electrons. The third-order valence-corrected chi connectivity index (χ3v) is 25.3. The van der Waals surface area contributed by atoms with Crippen molar-refractivity contribution in [2.45, 2.75) is 142 Å². The Morgan fingerprint density at radius 2 is 1.19 bits per heavy atom. The Hall–Kier alpha value is -1.82. The minimum absolute atomic E-state index is 0.00432. The topological polar surface area (TPSA) is 54.0 Å². The highest BCUT2D eigenvalue weighted by molar-refractivity contribution is 6.99. The largest absolute Gasteiger partial charge is 0.466 e. The van der Waals surface area contributed by atoms with Gasteiger partial charge < -0.3 is 18.0 Å². The molecule has 0 aliphatic heterocycles. The van der Waals surface area contributed by atoms with Gasteiger partial charge in [-0.15, -0.1) is 0 Å². The average molecular weight is 711 g/mol. The van der Waals surface area contributed by atoms with Gasteiger partial charge in [-0.2, -0.15) is 0 Å². The molecule has 2 aromatic carbocycles. The lowest BCUT2D eigenvalue weighted by atomic mass is 9.80. The van der Waals surface area contributed by atoms with Crippen LogP contribution < -0.4 is 10.4 Å². The fourth-order valence-corrected chi connectivity index (χ4v) is 13.7. The molecule has 0 fully saturated rings. The van der Waals surface area contributed by atoms with E-state index in [1.807, 2.05) is 6.08 Å². The van der Waals surface area contributed by atoms with Gasteiger partial charge in [0.15, 0.2) is 16.6 Å². The molecule has 5 nitrogen and oxygen atoms in total. The second kappa shape index (κ2) is 15.6. The van der Waals surface area contributed by atoms with Crippen LogP contribution in [0.15, 0.2) is 72.3 Å². The van der Waals surface area contributed by atoms with Crippen LogP contribution in [-0.2, 0) is 22.8 Å². The first-order valence-corrected chi connectivity index (χ1v) is 25.7. The molecule has 0 saturated carbocycles. The van der Waals surface area contributed by atoms with Crippen LogP contribution in [0.4, 0.5) is 0 Å². The van der Waals surface area contributed by atoms with E-state index in [-0.39, 0.29) is 39.2 Å². The summed E-state index contributed by atoms with van der Waals surface area (Å²) in [5, 5.41) is 2.60. The second-order valence-electron chi connectivity index (χ2n) is 17.8. The average Bonchev–Trinajstić information content (AvgIpc) is 2.98. The summed E-state index contributed by atoms with van der Waals surface area (Å²) in [6.07, 6.45) is 5.11. The molecule has 2 aromatic rings. The van der Waals surface area contributed by atoms with Gasteiger partial charge in [0.2, 0.25) is 0 Å². The van der Waals surface area contributed by atoms with Crippen molar-refractivity contribution in [3.8, 4) is 0 Å². The van der Waals surface area contributed by atoms with Crippen LogP contribution in [0.2, 0.25) is 41.3 Å². The van der Waals surface area contributed by atoms with E-state index in [2.05, 4.69) is 149 Å². The van der Waals surface area contributed by atoms with E-state index in [9.17, 15) is 4.79 Å². The molecule has 0 amide bonds. The van der Waals surface area contributed by atoms with Crippen LogP contribution in [-0.4, -0.2) is 56.8 Å². The van der Waals surface area contributed by atoms with Crippen molar-refractivity contribution >= 4 is 41.3 Å². The van der Waals surface area contributed by atoms with E-state index in [0.717, 1.165) is 19.3 Å². The quantitative estimate of drug-likeness (QED) is 0.118. The number of carbonyl (C=O) groups excluding carboxylic acids is 1. The van der Waals surface area contributed by atoms with Crippen molar-refractivity contribution in [2.24, 2.45) is 5.92 Å². The van der Waals surface area contributed by atoms with Crippen molar-refractivity contribution in [2.75, 3.05) is 13.7 Å². The molecule has 8 heteroatoms. The summed E-state index contributed by atoms with van der Waals surface area (Å²) in [7, 11) is -5.48. The van der Waals surface area contributed by atoms with Crippen molar-refractivity contribution in [1.82, 2.24) is 0 Å². The third-order valence-electron chi connectivity index (χ3n) is 11.3. The molecule has 0 bridgehead atoms. The predicted octanol–water partition coefficient (Wildman–Crippen LogP) is 9.63. The van der Waals surface area contributed by atoms with E-state index < -0.39 is 25.0 Å². The number of rotatable bonds is 13. The molecule has 0 unspecified atom stereocenters. The van der Waals surface area contributed by atoms with Crippen LogP contribution in [0.5, 0.6) is 0 Å². The summed E-state index contributed by atoms with van der Waals surface area (Å²) in [6, 6.07) is 21.7. The monoisotopic (exact) mass is 710 g/mol. The number of ether oxygens (including phenoxy) is 1. The summed E-state index contributed by atoms with van der Waals surface area (Å²) in [6.45, 7) is 30.5. The number of esters is 1. The van der Waals surface area contributed by atoms with Crippen molar-refractivity contribution in [1.29, 1.82) is 0 Å². The third kappa shape index (κ3) is 9.09. The molecule has 3 rings (SSSR count). The van der Waals surface area contributed by atoms with E-state index in [4.69, 9.17) is 18.0 Å². The zero-order valence-corrected chi connectivity index (χ0v) is 35.7. The van der Waals surface area contributed by atoms with Gasteiger partial charge in [-0.25, -0.2) is 4.79 Å². The molecule has 48 heavy (non-hydrogen) atoms. The molecule has 1 aliphatic carbocycles.